The first kappa shape index (κ1) is 13.2. The second-order valence-electron chi connectivity index (χ2n) is 4.27. The van der Waals surface area contributed by atoms with Gasteiger partial charge in [-0.2, -0.15) is 0 Å². The fraction of sp³-hybridized carbons (Fsp3) is 0.200. The molecular weight excluding hydrogens is 298 g/mol. The molecule has 0 N–H and O–H groups in total. The molecule has 0 radical (unpaired) electrons. The minimum Gasteiger partial charge on any atom is -0.204 e. The van der Waals surface area contributed by atoms with Gasteiger partial charge in [-0.1, -0.05) is 46.3 Å². The van der Waals surface area contributed by atoms with E-state index in [0.29, 0.717) is 0 Å². The van der Waals surface area contributed by atoms with Gasteiger partial charge >= 0.3 is 0 Å². The maximum Gasteiger partial charge on any atom is 0.159 e. The van der Waals surface area contributed by atoms with Crippen LogP contribution < -0.4 is 0 Å². The summed E-state index contributed by atoms with van der Waals surface area (Å²) in [6.45, 7) is 2.04. The number of rotatable bonds is 3. The van der Waals surface area contributed by atoms with Gasteiger partial charge in [-0.15, -0.1) is 0 Å². The van der Waals surface area contributed by atoms with Crippen molar-refractivity contribution in [2.24, 2.45) is 0 Å². The van der Waals surface area contributed by atoms with Gasteiger partial charge in [0.15, 0.2) is 11.6 Å². The Morgan fingerprint density at radius 2 is 1.78 bits per heavy atom. The molecule has 94 valence electrons. The van der Waals surface area contributed by atoms with E-state index in [1.54, 1.807) is 6.07 Å². The van der Waals surface area contributed by atoms with E-state index in [4.69, 9.17) is 0 Å². The lowest BCUT2D eigenvalue weighted by molar-refractivity contribution is 0.507. The van der Waals surface area contributed by atoms with Crippen molar-refractivity contribution in [3.8, 4) is 0 Å². The molecule has 0 amide bonds. The van der Waals surface area contributed by atoms with Crippen molar-refractivity contribution in [2.45, 2.75) is 18.2 Å². The van der Waals surface area contributed by atoms with Gasteiger partial charge in [0.05, 0.1) is 0 Å². The first-order valence-corrected chi connectivity index (χ1v) is 6.63. The zero-order valence-corrected chi connectivity index (χ0v) is 11.5. The minimum atomic E-state index is -0.811. The van der Waals surface area contributed by atoms with Crippen molar-refractivity contribution in [2.75, 3.05) is 0 Å². The maximum absolute atomic E-state index is 13.2. The van der Waals surface area contributed by atoms with E-state index in [9.17, 15) is 8.78 Å². The lowest BCUT2D eigenvalue weighted by atomic mass is 10.0. The maximum atomic E-state index is 13.2. The minimum absolute atomic E-state index is 0.0197. The Morgan fingerprint density at radius 3 is 2.44 bits per heavy atom. The molecular formula is C15H13BrF2. The van der Waals surface area contributed by atoms with Crippen LogP contribution in [-0.4, -0.2) is 0 Å². The van der Waals surface area contributed by atoms with Crippen molar-refractivity contribution >= 4 is 15.9 Å². The monoisotopic (exact) mass is 310 g/mol. The Kier molecular flexibility index (Phi) is 4.12. The van der Waals surface area contributed by atoms with Crippen molar-refractivity contribution in [1.29, 1.82) is 0 Å². The molecule has 0 spiro atoms. The third-order valence-corrected chi connectivity index (χ3v) is 3.82. The molecule has 0 aliphatic carbocycles. The molecule has 0 aromatic heterocycles. The van der Waals surface area contributed by atoms with E-state index in [0.717, 1.165) is 18.1 Å². The van der Waals surface area contributed by atoms with Crippen molar-refractivity contribution in [3.05, 3.63) is 70.8 Å². The van der Waals surface area contributed by atoms with Crippen LogP contribution in [0, 0.1) is 18.6 Å². The fourth-order valence-corrected chi connectivity index (χ4v) is 2.49. The number of benzene rings is 2. The average Bonchev–Trinajstić information content (AvgIpc) is 2.35. The highest BCUT2D eigenvalue weighted by atomic mass is 79.9. The molecule has 2 aromatic carbocycles. The average molecular weight is 311 g/mol. The Morgan fingerprint density at radius 1 is 1.06 bits per heavy atom. The summed E-state index contributed by atoms with van der Waals surface area (Å²) >= 11 is 3.53. The molecule has 0 nitrogen and oxygen atoms in total. The number of alkyl halides is 1. The van der Waals surface area contributed by atoms with E-state index in [-0.39, 0.29) is 4.83 Å². The highest BCUT2D eigenvalue weighted by Gasteiger charge is 2.12. The molecule has 0 aliphatic rings. The van der Waals surface area contributed by atoms with Gasteiger partial charge in [0.25, 0.3) is 0 Å². The lowest BCUT2D eigenvalue weighted by Gasteiger charge is -2.12. The molecule has 18 heavy (non-hydrogen) atoms. The molecule has 2 aromatic rings. The predicted octanol–water partition coefficient (Wildman–Crippen LogP) is 4.95. The fourth-order valence-electron chi connectivity index (χ4n) is 1.86. The number of hydrogen-bond acceptors (Lipinski definition) is 0. The summed E-state index contributed by atoms with van der Waals surface area (Å²) in [5, 5.41) is 0. The summed E-state index contributed by atoms with van der Waals surface area (Å²) in [7, 11) is 0. The highest BCUT2D eigenvalue weighted by molar-refractivity contribution is 9.09. The molecule has 0 heterocycles. The van der Waals surface area contributed by atoms with Gasteiger partial charge < -0.3 is 0 Å². The van der Waals surface area contributed by atoms with Crippen LogP contribution in [0.1, 0.15) is 21.5 Å². The van der Waals surface area contributed by atoms with Crippen LogP contribution in [0.15, 0.2) is 42.5 Å². The molecule has 0 saturated heterocycles. The lowest BCUT2D eigenvalue weighted by Crippen LogP contribution is -1.99. The van der Waals surface area contributed by atoms with Crippen molar-refractivity contribution < 1.29 is 8.78 Å². The normalized spacial score (nSPS) is 12.4. The second-order valence-corrected chi connectivity index (χ2v) is 5.38. The number of aryl methyl sites for hydroxylation is 1. The summed E-state index contributed by atoms with van der Waals surface area (Å²) in [6, 6.07) is 12.1. The van der Waals surface area contributed by atoms with Gasteiger partial charge in [0.1, 0.15) is 0 Å². The van der Waals surface area contributed by atoms with E-state index >= 15 is 0 Å². The molecule has 0 aliphatic heterocycles. The van der Waals surface area contributed by atoms with Gasteiger partial charge in [-0.3, -0.25) is 0 Å². The number of hydrogen-bond donors (Lipinski definition) is 0. The highest BCUT2D eigenvalue weighted by Crippen LogP contribution is 2.29. The molecule has 1 unspecified atom stereocenters. The van der Waals surface area contributed by atoms with Gasteiger partial charge in [-0.25, -0.2) is 8.78 Å². The van der Waals surface area contributed by atoms with E-state index in [1.807, 2.05) is 31.2 Å². The first-order valence-electron chi connectivity index (χ1n) is 5.71. The number of halogens is 3. The van der Waals surface area contributed by atoms with Crippen LogP contribution in [-0.2, 0) is 6.42 Å². The Labute approximate surface area is 114 Å². The van der Waals surface area contributed by atoms with Crippen LogP contribution >= 0.6 is 15.9 Å². The standard InChI is InChI=1S/C15H13BrF2/c1-10-4-2-3-5-11(10)8-13(16)12-6-7-14(17)15(18)9-12/h2-7,9,13H,8H2,1H3. The van der Waals surface area contributed by atoms with Crippen molar-refractivity contribution in [3.63, 3.8) is 0 Å². The van der Waals surface area contributed by atoms with E-state index < -0.39 is 11.6 Å². The largest absolute Gasteiger partial charge is 0.204 e. The Balaban J connectivity index is 2.19. The van der Waals surface area contributed by atoms with E-state index in [1.165, 1.54) is 17.2 Å². The van der Waals surface area contributed by atoms with Gasteiger partial charge in [0, 0.05) is 4.83 Å². The predicted molar refractivity (Wildman–Crippen MR) is 72.9 cm³/mol. The Bertz CT molecular complexity index is 552. The smallest absolute Gasteiger partial charge is 0.159 e. The van der Waals surface area contributed by atoms with Crippen LogP contribution in [0.3, 0.4) is 0 Å². The zero-order chi connectivity index (χ0) is 13.1. The van der Waals surface area contributed by atoms with E-state index in [2.05, 4.69) is 15.9 Å². The van der Waals surface area contributed by atoms with Crippen LogP contribution in [0.4, 0.5) is 8.78 Å². The van der Waals surface area contributed by atoms with Gasteiger partial charge in [-0.05, 0) is 42.2 Å². The topological polar surface area (TPSA) is 0 Å². The third-order valence-electron chi connectivity index (χ3n) is 2.97. The Hall–Kier alpha value is -1.22. The van der Waals surface area contributed by atoms with Crippen molar-refractivity contribution in [1.82, 2.24) is 0 Å². The summed E-state index contributed by atoms with van der Waals surface area (Å²) in [5.41, 5.74) is 3.14. The summed E-state index contributed by atoms with van der Waals surface area (Å²) < 4.78 is 26.0. The first-order chi connectivity index (χ1) is 8.58. The third kappa shape index (κ3) is 2.96. The van der Waals surface area contributed by atoms with Crippen LogP contribution in [0.2, 0.25) is 0 Å². The molecule has 0 saturated carbocycles. The quantitative estimate of drug-likeness (QED) is 0.703. The SMILES string of the molecule is Cc1ccccc1CC(Br)c1ccc(F)c(F)c1. The zero-order valence-electron chi connectivity index (χ0n) is 9.96. The van der Waals surface area contributed by atoms with Crippen LogP contribution in [0.25, 0.3) is 0 Å². The molecule has 0 bridgehead atoms. The molecule has 2 rings (SSSR count). The summed E-state index contributed by atoms with van der Waals surface area (Å²) in [6.07, 6.45) is 0.748. The summed E-state index contributed by atoms with van der Waals surface area (Å²) in [4.78, 5) is -0.0197. The molecule has 1 atom stereocenters. The molecule has 0 fully saturated rings. The van der Waals surface area contributed by atoms with Crippen LogP contribution in [0.5, 0.6) is 0 Å². The summed E-state index contributed by atoms with van der Waals surface area (Å²) in [5.74, 6) is -1.61. The second kappa shape index (κ2) is 5.61. The van der Waals surface area contributed by atoms with Gasteiger partial charge in [0.2, 0.25) is 0 Å². The molecule has 3 heteroatoms.